The summed E-state index contributed by atoms with van der Waals surface area (Å²) in [5, 5.41) is 0. The van der Waals surface area contributed by atoms with Crippen molar-refractivity contribution >= 4 is 46.5 Å². The summed E-state index contributed by atoms with van der Waals surface area (Å²) in [6.45, 7) is 0.489. The number of carbonyl (C=O) groups excluding carboxylic acids is 3. The molecule has 0 spiro atoms. The van der Waals surface area contributed by atoms with Gasteiger partial charge in [0.25, 0.3) is 0 Å². The molecule has 0 saturated heterocycles. The van der Waals surface area contributed by atoms with E-state index in [1.807, 2.05) is 24.1 Å². The molecule has 0 aliphatic heterocycles. The van der Waals surface area contributed by atoms with E-state index in [2.05, 4.69) is 29.4 Å². The van der Waals surface area contributed by atoms with E-state index in [1.165, 1.54) is 14.2 Å². The highest BCUT2D eigenvalue weighted by molar-refractivity contribution is 5.93. The first kappa shape index (κ1) is 26.7. The lowest BCUT2D eigenvalue weighted by Crippen LogP contribution is -2.18. The Hall–Kier alpha value is -4.55. The van der Waals surface area contributed by atoms with E-state index in [4.69, 9.17) is 17.2 Å². The van der Waals surface area contributed by atoms with Gasteiger partial charge < -0.3 is 31.6 Å². The molecular formula is C22H28N8O5. The number of benzene rings is 1. The fourth-order valence-electron chi connectivity index (χ4n) is 2.85. The van der Waals surface area contributed by atoms with Crippen molar-refractivity contribution in [2.45, 2.75) is 25.8 Å². The van der Waals surface area contributed by atoms with Crippen molar-refractivity contribution in [2.24, 2.45) is 5.73 Å². The third-order valence-corrected chi connectivity index (χ3v) is 4.71. The van der Waals surface area contributed by atoms with Gasteiger partial charge in [0.2, 0.25) is 11.9 Å². The standard InChI is InChI=1S/C15H16N8O.C7H12O4/c1-23(10-4-2-8(3-5-10)13(17)24)7-9-6-19-14-11(20-9)12(16)21-15(18)22-14;1-10-6(8)4-3-5-7(9)11-2/h2-6H,7H2,1H3,(H2,17,24)(H4,16,18,19,21,22);3-5H2,1-2H3. The fraction of sp³-hybridized carbons (Fsp3) is 0.318. The molecule has 0 atom stereocenters. The summed E-state index contributed by atoms with van der Waals surface area (Å²) in [5.74, 6) is -0.795. The van der Waals surface area contributed by atoms with Gasteiger partial charge in [-0.2, -0.15) is 9.97 Å². The Labute approximate surface area is 201 Å². The van der Waals surface area contributed by atoms with E-state index in [9.17, 15) is 14.4 Å². The molecule has 6 N–H and O–H groups in total. The minimum Gasteiger partial charge on any atom is -0.469 e. The molecule has 0 radical (unpaired) electrons. The van der Waals surface area contributed by atoms with Crippen molar-refractivity contribution < 1.29 is 23.9 Å². The quantitative estimate of drug-likeness (QED) is 0.380. The van der Waals surface area contributed by atoms with Crippen LogP contribution in [0, 0.1) is 0 Å². The van der Waals surface area contributed by atoms with Gasteiger partial charge in [0.05, 0.1) is 32.7 Å². The van der Waals surface area contributed by atoms with Gasteiger partial charge in [0.1, 0.15) is 0 Å². The molecule has 0 aliphatic carbocycles. The van der Waals surface area contributed by atoms with Crippen LogP contribution in [0.2, 0.25) is 0 Å². The smallest absolute Gasteiger partial charge is 0.305 e. The topological polar surface area (TPSA) is 203 Å². The molecule has 2 aromatic heterocycles. The molecule has 1 amide bonds. The highest BCUT2D eigenvalue weighted by Crippen LogP contribution is 2.18. The SMILES string of the molecule is CN(Cc1cnc2nc(N)nc(N)c2n1)c1ccc(C(N)=O)cc1.COC(=O)CCCC(=O)OC. The maximum absolute atomic E-state index is 11.1. The first-order chi connectivity index (χ1) is 16.6. The highest BCUT2D eigenvalue weighted by atomic mass is 16.5. The van der Waals surface area contributed by atoms with Crippen molar-refractivity contribution in [3.63, 3.8) is 0 Å². The molecule has 0 fully saturated rings. The summed E-state index contributed by atoms with van der Waals surface area (Å²) in [6.07, 6.45) is 2.64. The van der Waals surface area contributed by atoms with Gasteiger partial charge in [0, 0.05) is 31.1 Å². The molecule has 3 rings (SSSR count). The predicted molar refractivity (Wildman–Crippen MR) is 129 cm³/mol. The Morgan fingerprint density at radius 1 is 0.943 bits per heavy atom. The van der Waals surface area contributed by atoms with Gasteiger partial charge in [0.15, 0.2) is 17.0 Å². The lowest BCUT2D eigenvalue weighted by Gasteiger charge is -2.19. The molecule has 186 valence electrons. The number of primary amides is 1. The van der Waals surface area contributed by atoms with Crippen molar-refractivity contribution in [3.8, 4) is 0 Å². The first-order valence-corrected chi connectivity index (χ1v) is 10.4. The van der Waals surface area contributed by atoms with E-state index in [0.29, 0.717) is 35.4 Å². The number of fused-ring (bicyclic) bond motifs is 1. The third-order valence-electron chi connectivity index (χ3n) is 4.71. The number of methoxy groups -OCH3 is 2. The number of ether oxygens (including phenoxy) is 2. The van der Waals surface area contributed by atoms with Crippen LogP contribution in [0.3, 0.4) is 0 Å². The summed E-state index contributed by atoms with van der Waals surface area (Å²) in [6, 6.07) is 6.98. The summed E-state index contributed by atoms with van der Waals surface area (Å²) in [4.78, 5) is 50.6. The molecular weight excluding hydrogens is 456 g/mol. The average molecular weight is 485 g/mol. The van der Waals surface area contributed by atoms with Crippen LogP contribution in [0.25, 0.3) is 11.2 Å². The van der Waals surface area contributed by atoms with Crippen LogP contribution in [-0.4, -0.2) is 59.0 Å². The number of nitrogens with two attached hydrogens (primary N) is 3. The highest BCUT2D eigenvalue weighted by Gasteiger charge is 2.10. The lowest BCUT2D eigenvalue weighted by molar-refractivity contribution is -0.142. The Bertz CT molecular complexity index is 1170. The minimum atomic E-state index is -0.459. The summed E-state index contributed by atoms with van der Waals surface area (Å²) in [7, 11) is 4.54. The summed E-state index contributed by atoms with van der Waals surface area (Å²) < 4.78 is 8.75. The number of amides is 1. The van der Waals surface area contributed by atoms with E-state index < -0.39 is 5.91 Å². The molecule has 2 heterocycles. The second-order valence-electron chi connectivity index (χ2n) is 7.27. The van der Waals surface area contributed by atoms with Crippen LogP contribution in [0.15, 0.2) is 30.5 Å². The van der Waals surface area contributed by atoms with Crippen LogP contribution < -0.4 is 22.1 Å². The molecule has 0 bridgehead atoms. The zero-order valence-corrected chi connectivity index (χ0v) is 19.7. The van der Waals surface area contributed by atoms with Crippen LogP contribution in [0.1, 0.15) is 35.3 Å². The molecule has 0 unspecified atom stereocenters. The van der Waals surface area contributed by atoms with Crippen molar-refractivity contribution in [1.29, 1.82) is 0 Å². The monoisotopic (exact) mass is 484 g/mol. The first-order valence-electron chi connectivity index (χ1n) is 10.4. The van der Waals surface area contributed by atoms with E-state index in [0.717, 1.165) is 5.69 Å². The Kier molecular flexibility index (Phi) is 9.63. The Morgan fingerprint density at radius 2 is 1.54 bits per heavy atom. The van der Waals surface area contributed by atoms with Gasteiger partial charge >= 0.3 is 11.9 Å². The number of hydrogen-bond donors (Lipinski definition) is 3. The Balaban J connectivity index is 0.000000334. The number of esters is 2. The lowest BCUT2D eigenvalue weighted by atomic mass is 10.2. The normalized spacial score (nSPS) is 10.1. The summed E-state index contributed by atoms with van der Waals surface area (Å²) in [5.41, 5.74) is 19.4. The summed E-state index contributed by atoms with van der Waals surface area (Å²) >= 11 is 0. The molecule has 13 nitrogen and oxygen atoms in total. The van der Waals surface area contributed by atoms with E-state index >= 15 is 0 Å². The number of nitrogens with zero attached hydrogens (tertiary/aromatic N) is 5. The van der Waals surface area contributed by atoms with Gasteiger partial charge in [-0.25, -0.2) is 9.97 Å². The third kappa shape index (κ3) is 8.07. The van der Waals surface area contributed by atoms with Crippen molar-refractivity contribution in [3.05, 3.63) is 41.7 Å². The number of aromatic nitrogens is 4. The zero-order valence-electron chi connectivity index (χ0n) is 19.7. The molecule has 1 aromatic carbocycles. The van der Waals surface area contributed by atoms with Crippen LogP contribution >= 0.6 is 0 Å². The van der Waals surface area contributed by atoms with Crippen LogP contribution in [0.4, 0.5) is 17.5 Å². The van der Waals surface area contributed by atoms with Gasteiger partial charge in [-0.15, -0.1) is 0 Å². The van der Waals surface area contributed by atoms with Crippen LogP contribution in [0.5, 0.6) is 0 Å². The van der Waals surface area contributed by atoms with E-state index in [-0.39, 0.29) is 36.5 Å². The number of rotatable bonds is 8. The van der Waals surface area contributed by atoms with Gasteiger partial charge in [-0.05, 0) is 30.7 Å². The number of nitrogen functional groups attached to an aromatic ring is 2. The second kappa shape index (κ2) is 12.6. The van der Waals surface area contributed by atoms with Gasteiger partial charge in [-0.3, -0.25) is 14.4 Å². The largest absolute Gasteiger partial charge is 0.469 e. The molecule has 0 aliphatic rings. The van der Waals surface area contributed by atoms with Gasteiger partial charge in [-0.1, -0.05) is 0 Å². The average Bonchev–Trinajstić information content (AvgIpc) is 2.84. The van der Waals surface area contributed by atoms with Crippen molar-refractivity contribution in [1.82, 2.24) is 19.9 Å². The molecule has 13 heteroatoms. The Morgan fingerprint density at radius 3 is 2.09 bits per heavy atom. The van der Waals surface area contributed by atoms with Crippen LogP contribution in [-0.2, 0) is 25.6 Å². The van der Waals surface area contributed by atoms with E-state index in [1.54, 1.807) is 18.3 Å². The maximum atomic E-state index is 11.1. The molecule has 0 saturated carbocycles. The number of hydrogen-bond acceptors (Lipinski definition) is 12. The molecule has 3 aromatic rings. The number of carbonyl (C=O) groups is 3. The van der Waals surface area contributed by atoms with Crippen molar-refractivity contribution in [2.75, 3.05) is 37.6 Å². The zero-order chi connectivity index (χ0) is 26.0. The molecule has 35 heavy (non-hydrogen) atoms. The minimum absolute atomic E-state index is 0.0636. The number of anilines is 3. The predicted octanol–water partition coefficient (Wildman–Crippen LogP) is 0.822. The maximum Gasteiger partial charge on any atom is 0.305 e. The second-order valence-corrected chi connectivity index (χ2v) is 7.27. The fourth-order valence-corrected chi connectivity index (χ4v) is 2.85.